The van der Waals surface area contributed by atoms with Crippen LogP contribution in [0.1, 0.15) is 22.2 Å². The summed E-state index contributed by atoms with van der Waals surface area (Å²) in [6, 6.07) is 0. The average Bonchev–Trinajstić information content (AvgIpc) is 0.722. The van der Waals surface area contributed by atoms with Crippen LogP contribution in [-0.2, 0) is 0 Å². The van der Waals surface area contributed by atoms with Gasteiger partial charge in [-0.1, -0.05) is 0 Å². The van der Waals surface area contributed by atoms with Gasteiger partial charge in [-0.05, 0) is 20.8 Å². The maximum atomic E-state index is 5.35. The molecule has 2 N–H and O–H groups in total. The van der Waals surface area contributed by atoms with E-state index in [0.717, 1.165) is 0 Å². The highest BCUT2D eigenvalue weighted by Gasteiger charge is 1.95. The summed E-state index contributed by atoms with van der Waals surface area (Å²) < 4.78 is 0. The summed E-state index contributed by atoms with van der Waals surface area (Å²) in [4.78, 5) is 0. The van der Waals surface area contributed by atoms with E-state index < -0.39 is 0 Å². The molecule has 0 aromatic heterocycles. The summed E-state index contributed by atoms with van der Waals surface area (Å²) >= 11 is 0. The highest BCUT2D eigenvalue weighted by Crippen LogP contribution is 1.88. The largest absolute Gasteiger partial charge is 0.326 e. The van der Waals surface area contributed by atoms with E-state index in [4.69, 9.17) is 5.73 Å². The van der Waals surface area contributed by atoms with Gasteiger partial charge in [0.25, 0.3) is 0 Å². The van der Waals surface area contributed by atoms with Crippen molar-refractivity contribution >= 4 is 0 Å². The molecule has 1 nitrogen and oxygen atoms in total. The zero-order chi connectivity index (χ0) is 4.50. The minimum Gasteiger partial charge on any atom is -0.326 e. The molecule has 0 aliphatic heterocycles. The van der Waals surface area contributed by atoms with Crippen LogP contribution in [0, 0.1) is 0 Å². The topological polar surface area (TPSA) is 26.0 Å². The van der Waals surface area contributed by atoms with Crippen molar-refractivity contribution in [1.29, 1.82) is 0 Å². The molecule has 0 aliphatic carbocycles. The van der Waals surface area contributed by atoms with Crippen LogP contribution in [0.25, 0.3) is 0 Å². The zero-order valence-electron chi connectivity index (χ0n) is 4.08. The summed E-state index contributed by atoms with van der Waals surface area (Å²) in [7, 11) is 0. The predicted octanol–water partition coefficient (Wildman–Crippen LogP) is 0.990. The standard InChI is InChI=1S/C4H11N.H2/c1-4(2,3)5;/h5H2,1-3H3;1H/i;1+1. The maximum Gasteiger partial charge on any atom is 0.00686 e. The molecule has 0 unspecified atom stereocenters. The van der Waals surface area contributed by atoms with Crippen molar-refractivity contribution in [2.75, 3.05) is 0 Å². The van der Waals surface area contributed by atoms with Crippen LogP contribution >= 0.6 is 0 Å². The second kappa shape index (κ2) is 0.977. The molecule has 0 amide bonds. The molecule has 0 heterocycles. The molecule has 0 fully saturated rings. The molecule has 0 aromatic rings. The van der Waals surface area contributed by atoms with Crippen LogP contribution in [0.4, 0.5) is 0 Å². The molecule has 0 aliphatic rings. The lowest BCUT2D eigenvalue weighted by molar-refractivity contribution is 0.580. The van der Waals surface area contributed by atoms with Crippen LogP contribution < -0.4 is 5.73 Å². The van der Waals surface area contributed by atoms with Crippen molar-refractivity contribution in [2.24, 2.45) is 5.73 Å². The van der Waals surface area contributed by atoms with Crippen LogP contribution in [-0.4, -0.2) is 5.54 Å². The van der Waals surface area contributed by atoms with Gasteiger partial charge < -0.3 is 5.73 Å². The predicted molar refractivity (Wildman–Crippen MR) is 26.1 cm³/mol. The van der Waals surface area contributed by atoms with Crippen LogP contribution in [0.15, 0.2) is 0 Å². The van der Waals surface area contributed by atoms with E-state index in [9.17, 15) is 0 Å². The molecule has 0 saturated heterocycles. The molecule has 0 atom stereocenters. The van der Waals surface area contributed by atoms with Crippen molar-refractivity contribution in [1.82, 2.24) is 0 Å². The first-order valence-corrected chi connectivity index (χ1v) is 1.79. The van der Waals surface area contributed by atoms with Crippen molar-refractivity contribution in [3.63, 3.8) is 0 Å². The first-order valence-electron chi connectivity index (χ1n) is 1.79. The Labute approximate surface area is 34.7 Å². The molecular weight excluding hydrogens is 62.1 g/mol. The van der Waals surface area contributed by atoms with Gasteiger partial charge in [-0.3, -0.25) is 0 Å². The second-order valence-corrected chi connectivity index (χ2v) is 2.37. The van der Waals surface area contributed by atoms with E-state index in [0.29, 0.717) is 0 Å². The maximum absolute atomic E-state index is 5.35. The fourth-order valence-corrected chi connectivity index (χ4v) is 0. The van der Waals surface area contributed by atoms with Gasteiger partial charge in [0.15, 0.2) is 0 Å². The van der Waals surface area contributed by atoms with Crippen LogP contribution in [0.2, 0.25) is 0 Å². The Kier molecular flexibility index (Phi) is 0.969. The Hall–Kier alpha value is -0.0400. The van der Waals surface area contributed by atoms with E-state index in [-0.39, 0.29) is 6.97 Å². The van der Waals surface area contributed by atoms with Crippen LogP contribution in [0.5, 0.6) is 0 Å². The molecule has 0 aromatic carbocycles. The van der Waals surface area contributed by atoms with Crippen LogP contribution in [0.3, 0.4) is 0 Å². The average molecular weight is 76.2 g/mol. The number of nitrogens with two attached hydrogens (primary N) is 1. The SMILES string of the molecule is CC(C)(C)N.[2HH]. The number of rotatable bonds is 0. The quantitative estimate of drug-likeness (QED) is 0.457. The fourth-order valence-electron chi connectivity index (χ4n) is 0. The van der Waals surface area contributed by atoms with Gasteiger partial charge in [0, 0.05) is 6.97 Å². The van der Waals surface area contributed by atoms with E-state index in [2.05, 4.69) is 0 Å². The Morgan fingerprint density at radius 3 is 1.40 bits per heavy atom. The van der Waals surface area contributed by atoms with E-state index >= 15 is 0 Å². The smallest absolute Gasteiger partial charge is 0.00686 e. The number of hydrogen-bond donors (Lipinski definition) is 1. The summed E-state index contributed by atoms with van der Waals surface area (Å²) in [5, 5.41) is 0. The van der Waals surface area contributed by atoms with Gasteiger partial charge in [0.05, 0.1) is 0 Å². The third-order valence-electron chi connectivity index (χ3n) is 0. The Balaban J connectivity index is 0. The van der Waals surface area contributed by atoms with Gasteiger partial charge in [0.1, 0.15) is 0 Å². The van der Waals surface area contributed by atoms with E-state index in [1.807, 2.05) is 20.8 Å². The monoisotopic (exact) mass is 76.1 g/mol. The number of hydrogen-bond acceptors (Lipinski definition) is 1. The van der Waals surface area contributed by atoms with Gasteiger partial charge in [0.2, 0.25) is 0 Å². The molecule has 0 rings (SSSR count). The van der Waals surface area contributed by atoms with Gasteiger partial charge in [-0.2, -0.15) is 0 Å². The minimum absolute atomic E-state index is 0. The summed E-state index contributed by atoms with van der Waals surface area (Å²) in [5.74, 6) is 0. The van der Waals surface area contributed by atoms with Gasteiger partial charge in [-0.25, -0.2) is 0 Å². The van der Waals surface area contributed by atoms with Crippen molar-refractivity contribution in [3.8, 4) is 0 Å². The normalized spacial score (nSPS) is 12.0. The first-order chi connectivity index (χ1) is 2.00. The lowest BCUT2D eigenvalue weighted by Gasteiger charge is -2.06. The summed E-state index contributed by atoms with van der Waals surface area (Å²) in [6.07, 6.45) is 0. The van der Waals surface area contributed by atoms with Gasteiger partial charge >= 0.3 is 0 Å². The van der Waals surface area contributed by atoms with Gasteiger partial charge in [-0.15, -0.1) is 0 Å². The first kappa shape index (κ1) is 4.96. The molecule has 0 saturated carbocycles. The molecule has 0 bridgehead atoms. The summed E-state index contributed by atoms with van der Waals surface area (Å²) in [6.45, 7) is 5.90. The molecule has 34 valence electrons. The highest BCUT2D eigenvalue weighted by molar-refractivity contribution is 4.60. The Morgan fingerprint density at radius 1 is 1.40 bits per heavy atom. The van der Waals surface area contributed by atoms with Crippen molar-refractivity contribution in [3.05, 3.63) is 0 Å². The van der Waals surface area contributed by atoms with Crippen molar-refractivity contribution in [2.45, 2.75) is 26.3 Å². The highest BCUT2D eigenvalue weighted by atomic mass is 14.7. The molecule has 0 spiro atoms. The van der Waals surface area contributed by atoms with E-state index in [1.54, 1.807) is 0 Å². The molecule has 0 radical (unpaired) electrons. The third kappa shape index (κ3) is 9510. The lowest BCUT2D eigenvalue weighted by atomic mass is 10.1. The molecular formula is C4H13N. The van der Waals surface area contributed by atoms with Crippen molar-refractivity contribution < 1.29 is 1.43 Å². The Morgan fingerprint density at radius 2 is 1.40 bits per heavy atom. The molecule has 1 heteroatoms. The molecule has 5 heavy (non-hydrogen) atoms. The van der Waals surface area contributed by atoms with E-state index in [1.165, 1.54) is 0 Å². The fraction of sp³-hybridized carbons (Fsp3) is 1.00. The summed E-state index contributed by atoms with van der Waals surface area (Å²) in [5.41, 5.74) is 5.35. The Bertz CT molecular complexity index is 23.0. The lowest BCUT2D eigenvalue weighted by Crippen LogP contribution is -2.26. The minimum atomic E-state index is 0. The second-order valence-electron chi connectivity index (χ2n) is 2.37. The zero-order valence-corrected chi connectivity index (χ0v) is 4.08. The third-order valence-corrected chi connectivity index (χ3v) is 0.